The van der Waals surface area contributed by atoms with Crippen LogP contribution in [0, 0.1) is 29.1 Å². The van der Waals surface area contributed by atoms with Crippen LogP contribution in [0.25, 0.3) is 33.4 Å². The van der Waals surface area contributed by atoms with Gasteiger partial charge in [0.05, 0.1) is 5.69 Å². The van der Waals surface area contributed by atoms with Gasteiger partial charge in [0, 0.05) is 22.4 Å². The molecule has 6 aliphatic carbocycles. The van der Waals surface area contributed by atoms with Gasteiger partial charge in [-0.05, 0) is 159 Å². The number of hydrogen-bond acceptors (Lipinski definition) is 1. The van der Waals surface area contributed by atoms with Crippen molar-refractivity contribution in [2.24, 2.45) is 29.1 Å². The maximum Gasteiger partial charge on any atom is 0.0543 e. The third-order valence-corrected chi connectivity index (χ3v) is 16.4. The zero-order valence-corrected chi connectivity index (χ0v) is 32.8. The van der Waals surface area contributed by atoms with Gasteiger partial charge in [0.1, 0.15) is 0 Å². The Balaban J connectivity index is 1.12. The fraction of sp³-hybridized carbons (Fsp3) is 0.333. The second-order valence-corrected chi connectivity index (χ2v) is 19.6. The maximum absolute atomic E-state index is 2.63. The van der Waals surface area contributed by atoms with E-state index in [0.29, 0.717) is 5.41 Å². The van der Waals surface area contributed by atoms with E-state index in [1.54, 1.807) is 11.1 Å². The smallest absolute Gasteiger partial charge is 0.0543 e. The molecule has 272 valence electrons. The third-order valence-electron chi connectivity index (χ3n) is 16.4. The van der Waals surface area contributed by atoms with E-state index in [4.69, 9.17) is 0 Å². The molecule has 2 spiro atoms. The number of anilines is 3. The van der Waals surface area contributed by atoms with E-state index in [1.165, 1.54) is 100 Å². The van der Waals surface area contributed by atoms with Gasteiger partial charge in [-0.2, -0.15) is 0 Å². The van der Waals surface area contributed by atoms with Gasteiger partial charge in [-0.25, -0.2) is 0 Å². The lowest BCUT2D eigenvalue weighted by molar-refractivity contribution is -0.231. The van der Waals surface area contributed by atoms with Crippen LogP contribution in [0.2, 0.25) is 0 Å². The van der Waals surface area contributed by atoms with E-state index < -0.39 is 0 Å². The Morgan fingerprint density at radius 2 is 1.11 bits per heavy atom. The van der Waals surface area contributed by atoms with Gasteiger partial charge in [0.25, 0.3) is 0 Å². The van der Waals surface area contributed by atoms with E-state index in [9.17, 15) is 0 Å². The molecule has 0 amide bonds. The first-order valence-corrected chi connectivity index (χ1v) is 21.2. The van der Waals surface area contributed by atoms with E-state index in [-0.39, 0.29) is 16.2 Å². The van der Waals surface area contributed by atoms with Gasteiger partial charge in [0.2, 0.25) is 0 Å². The summed E-state index contributed by atoms with van der Waals surface area (Å²) in [6.45, 7) is 9.81. The first-order valence-electron chi connectivity index (χ1n) is 21.2. The average molecular weight is 714 g/mol. The van der Waals surface area contributed by atoms with Gasteiger partial charge in [-0.15, -0.1) is 0 Å². The van der Waals surface area contributed by atoms with E-state index in [2.05, 4.69) is 172 Å². The number of nitrogens with zero attached hydrogens (tertiary/aromatic N) is 1. The molecule has 0 aliphatic heterocycles. The van der Waals surface area contributed by atoms with Crippen molar-refractivity contribution in [3.8, 4) is 33.4 Å². The molecule has 12 rings (SSSR count). The van der Waals surface area contributed by atoms with Crippen LogP contribution in [0.3, 0.4) is 0 Å². The molecule has 6 unspecified atom stereocenters. The quantitative estimate of drug-likeness (QED) is 0.172. The Hall–Kier alpha value is -4.88. The van der Waals surface area contributed by atoms with Gasteiger partial charge >= 0.3 is 0 Å². The van der Waals surface area contributed by atoms with Gasteiger partial charge in [0.15, 0.2) is 0 Å². The summed E-state index contributed by atoms with van der Waals surface area (Å²) in [6, 6.07) is 53.7. The first-order chi connectivity index (χ1) is 26.7. The van der Waals surface area contributed by atoms with E-state index in [1.807, 2.05) is 0 Å². The van der Waals surface area contributed by atoms with Crippen LogP contribution >= 0.6 is 0 Å². The predicted molar refractivity (Wildman–Crippen MR) is 228 cm³/mol. The molecule has 6 aromatic rings. The molecule has 0 aromatic heterocycles. The molecule has 6 aromatic carbocycles. The van der Waals surface area contributed by atoms with Gasteiger partial charge in [-0.1, -0.05) is 137 Å². The number of fused-ring (bicyclic) bond motifs is 9. The Morgan fingerprint density at radius 1 is 0.491 bits per heavy atom. The van der Waals surface area contributed by atoms with Crippen LogP contribution in [0.15, 0.2) is 140 Å². The van der Waals surface area contributed by atoms with Crippen molar-refractivity contribution < 1.29 is 0 Å². The zero-order valence-electron chi connectivity index (χ0n) is 32.8. The largest absolute Gasteiger partial charge is 0.310 e. The summed E-state index contributed by atoms with van der Waals surface area (Å²) >= 11 is 0. The second-order valence-electron chi connectivity index (χ2n) is 19.6. The second kappa shape index (κ2) is 10.9. The lowest BCUT2D eigenvalue weighted by Crippen LogP contribution is -2.73. The summed E-state index contributed by atoms with van der Waals surface area (Å²) in [7, 11) is 0. The topological polar surface area (TPSA) is 3.24 Å². The number of hydrogen-bond donors (Lipinski definition) is 0. The van der Waals surface area contributed by atoms with Crippen LogP contribution in [0.4, 0.5) is 17.1 Å². The molecule has 0 heterocycles. The predicted octanol–water partition coefficient (Wildman–Crippen LogP) is 14.2. The molecule has 0 N–H and O–H groups in total. The lowest BCUT2D eigenvalue weighted by Gasteiger charge is -2.76. The molecule has 1 heteroatoms. The average Bonchev–Trinajstić information content (AvgIpc) is 3.85. The highest BCUT2D eigenvalue weighted by Crippen LogP contribution is 2.90. The van der Waals surface area contributed by atoms with Crippen molar-refractivity contribution >= 4 is 17.1 Å². The highest BCUT2D eigenvalue weighted by Gasteiger charge is 2.84. The Morgan fingerprint density at radius 3 is 1.84 bits per heavy atom. The molecule has 2 bridgehead atoms. The molecule has 0 saturated heterocycles. The molecule has 1 nitrogen and oxygen atoms in total. The minimum atomic E-state index is 0.113. The third kappa shape index (κ3) is 4.05. The maximum atomic E-state index is 2.63. The fourth-order valence-electron chi connectivity index (χ4n) is 14.1. The zero-order chi connectivity index (χ0) is 36.9. The number of benzene rings is 6. The molecular weight excluding hydrogens is 663 g/mol. The van der Waals surface area contributed by atoms with E-state index in [0.717, 1.165) is 23.7 Å². The first kappa shape index (κ1) is 32.4. The van der Waals surface area contributed by atoms with Crippen molar-refractivity contribution in [3.05, 3.63) is 162 Å². The summed E-state index contributed by atoms with van der Waals surface area (Å²) in [5, 5.41) is 0. The summed E-state index contributed by atoms with van der Waals surface area (Å²) in [4.78, 5) is 2.63. The molecule has 4 saturated carbocycles. The molecular formula is C54H51N. The van der Waals surface area contributed by atoms with Crippen molar-refractivity contribution in [1.82, 2.24) is 0 Å². The molecule has 6 atom stereocenters. The van der Waals surface area contributed by atoms with Crippen molar-refractivity contribution in [2.45, 2.75) is 82.5 Å². The summed E-state index contributed by atoms with van der Waals surface area (Å²) in [5.41, 5.74) is 19.2. The Labute approximate surface area is 327 Å². The standard InChI is InChI=1S/C54H51N/c1-51(2)27-28-52(3,4)45-32-40(25-26-42(45)51)55(39-23-21-36(22-24-39)35-13-7-5-8-14-35)46-20-12-19-44-50(46)49-41(37-15-9-6-10-16-37)17-11-18-43(49)54(44)47-30-34-29-38-31-48(54)53(38,47)33-34/h5-26,32,34,38,47-48H,27-31,33H2,1-4H3. The summed E-state index contributed by atoms with van der Waals surface area (Å²) in [5.74, 6) is 3.40. The molecule has 0 radical (unpaired) electrons. The minimum Gasteiger partial charge on any atom is -0.310 e. The van der Waals surface area contributed by atoms with E-state index >= 15 is 0 Å². The Kier molecular flexibility index (Phi) is 6.42. The summed E-state index contributed by atoms with van der Waals surface area (Å²) in [6.07, 6.45) is 8.21. The molecule has 6 aliphatic rings. The van der Waals surface area contributed by atoms with Crippen LogP contribution in [-0.4, -0.2) is 0 Å². The molecule has 4 fully saturated rings. The van der Waals surface area contributed by atoms with Crippen LogP contribution in [-0.2, 0) is 16.2 Å². The highest BCUT2D eigenvalue weighted by molar-refractivity contribution is 6.02. The Bertz CT molecular complexity index is 2530. The van der Waals surface area contributed by atoms with Crippen LogP contribution in [0.5, 0.6) is 0 Å². The van der Waals surface area contributed by atoms with Crippen molar-refractivity contribution in [2.75, 3.05) is 4.90 Å². The van der Waals surface area contributed by atoms with Gasteiger partial charge < -0.3 is 4.90 Å². The van der Waals surface area contributed by atoms with Crippen molar-refractivity contribution in [3.63, 3.8) is 0 Å². The van der Waals surface area contributed by atoms with Crippen LogP contribution in [0.1, 0.15) is 88.5 Å². The normalized spacial score (nSPS) is 29.1. The summed E-state index contributed by atoms with van der Waals surface area (Å²) < 4.78 is 0. The van der Waals surface area contributed by atoms with Crippen molar-refractivity contribution in [1.29, 1.82) is 0 Å². The highest BCUT2D eigenvalue weighted by atomic mass is 15.1. The van der Waals surface area contributed by atoms with Crippen LogP contribution < -0.4 is 4.90 Å². The SMILES string of the molecule is CC1(C)CCC(C)(C)c2cc(N(c3ccc(-c4ccccc4)cc3)c3cccc4c3-c3c(-c5ccccc5)cccc3C43C4CC5CC6CC3C64C5)ccc21. The fourth-order valence-corrected chi connectivity index (χ4v) is 14.1. The van der Waals surface area contributed by atoms with Gasteiger partial charge in [-0.3, -0.25) is 0 Å². The minimum absolute atomic E-state index is 0.113. The number of rotatable bonds is 5. The lowest BCUT2D eigenvalue weighted by atomic mass is 9.27. The monoisotopic (exact) mass is 713 g/mol. The molecule has 55 heavy (non-hydrogen) atoms.